The maximum absolute atomic E-state index is 12.6. The Hall–Kier alpha value is -1.70. The van der Waals surface area contributed by atoms with E-state index in [4.69, 9.17) is 4.74 Å². The minimum atomic E-state index is -3.69. The molecule has 2 rings (SSSR count). The number of hydrogen-bond donors (Lipinski definition) is 1. The summed E-state index contributed by atoms with van der Waals surface area (Å²) in [5.74, 6) is -0.152. The van der Waals surface area contributed by atoms with Crippen LogP contribution < -0.4 is 4.72 Å². The van der Waals surface area contributed by atoms with Crippen molar-refractivity contribution in [1.82, 2.24) is 9.62 Å². The van der Waals surface area contributed by atoms with Crippen LogP contribution in [-0.2, 0) is 14.8 Å². The number of nitrogens with zero attached hydrogens (tertiary/aromatic N) is 1. The quantitative estimate of drug-likeness (QED) is 0.792. The van der Waals surface area contributed by atoms with Crippen molar-refractivity contribution < 1.29 is 17.9 Å². The standard InChI is InChI=1S/C17H24N2O4S/c1-13-7-9-19(10-8-13)17(20)15-5-4-6-16(11-15)24(21,22)18-14(2)12-23-3/h4-7,11,14,18H,8-10,12H2,1-3H3/t14-/m0/s1. The molecule has 0 bridgehead atoms. The minimum Gasteiger partial charge on any atom is -0.383 e. The zero-order valence-electron chi connectivity index (χ0n) is 14.3. The van der Waals surface area contributed by atoms with Crippen LogP contribution in [0.15, 0.2) is 40.8 Å². The topological polar surface area (TPSA) is 75.7 Å². The van der Waals surface area contributed by atoms with E-state index in [1.165, 1.54) is 24.8 Å². The Kier molecular flexibility index (Phi) is 6.15. The second kappa shape index (κ2) is 7.92. The lowest BCUT2D eigenvalue weighted by atomic mass is 10.1. The Bertz CT molecular complexity index is 728. The van der Waals surface area contributed by atoms with E-state index in [0.717, 1.165) is 6.42 Å². The van der Waals surface area contributed by atoms with Crippen molar-refractivity contribution >= 4 is 15.9 Å². The van der Waals surface area contributed by atoms with Crippen LogP contribution >= 0.6 is 0 Å². The fraction of sp³-hybridized carbons (Fsp3) is 0.471. The van der Waals surface area contributed by atoms with Gasteiger partial charge in [-0.2, -0.15) is 0 Å². The van der Waals surface area contributed by atoms with Crippen LogP contribution in [0.1, 0.15) is 30.6 Å². The fourth-order valence-electron chi connectivity index (χ4n) is 2.55. The van der Waals surface area contributed by atoms with Gasteiger partial charge in [0, 0.05) is 31.8 Å². The zero-order valence-corrected chi connectivity index (χ0v) is 15.1. The molecule has 1 aromatic carbocycles. The van der Waals surface area contributed by atoms with E-state index < -0.39 is 10.0 Å². The predicted molar refractivity (Wildman–Crippen MR) is 92.4 cm³/mol. The number of sulfonamides is 1. The monoisotopic (exact) mass is 352 g/mol. The van der Waals surface area contributed by atoms with Crippen LogP contribution in [0.5, 0.6) is 0 Å². The maximum atomic E-state index is 12.6. The molecule has 0 fully saturated rings. The van der Waals surface area contributed by atoms with Gasteiger partial charge >= 0.3 is 0 Å². The normalized spacial score (nSPS) is 16.6. The number of carbonyl (C=O) groups is 1. The Labute approximate surface area is 143 Å². The molecule has 1 aromatic rings. The molecule has 0 unspecified atom stereocenters. The van der Waals surface area contributed by atoms with E-state index in [0.29, 0.717) is 18.7 Å². The average Bonchev–Trinajstić information content (AvgIpc) is 2.55. The molecule has 0 spiro atoms. The summed E-state index contributed by atoms with van der Waals surface area (Å²) in [4.78, 5) is 14.4. The molecule has 1 heterocycles. The second-order valence-corrected chi connectivity index (χ2v) is 7.77. The highest BCUT2D eigenvalue weighted by molar-refractivity contribution is 7.89. The Balaban J connectivity index is 2.18. The molecule has 1 atom stereocenters. The van der Waals surface area contributed by atoms with Crippen LogP contribution in [0, 0.1) is 0 Å². The molecule has 1 aliphatic rings. The van der Waals surface area contributed by atoms with Gasteiger partial charge in [-0.05, 0) is 38.5 Å². The van der Waals surface area contributed by atoms with Gasteiger partial charge in [0.1, 0.15) is 0 Å². The lowest BCUT2D eigenvalue weighted by Gasteiger charge is -2.25. The molecule has 0 radical (unpaired) electrons. The van der Waals surface area contributed by atoms with Crippen LogP contribution in [0.4, 0.5) is 0 Å². The molecule has 0 aromatic heterocycles. The third-order valence-corrected chi connectivity index (χ3v) is 5.47. The van der Waals surface area contributed by atoms with Crippen LogP contribution in [0.3, 0.4) is 0 Å². The molecule has 132 valence electrons. The van der Waals surface area contributed by atoms with Gasteiger partial charge in [0.05, 0.1) is 11.5 Å². The van der Waals surface area contributed by atoms with Crippen LogP contribution in [0.25, 0.3) is 0 Å². The first-order valence-corrected chi connectivity index (χ1v) is 9.38. The molecular weight excluding hydrogens is 328 g/mol. The van der Waals surface area contributed by atoms with Gasteiger partial charge < -0.3 is 9.64 Å². The lowest BCUT2D eigenvalue weighted by molar-refractivity contribution is 0.0769. The highest BCUT2D eigenvalue weighted by Gasteiger charge is 2.21. The summed E-state index contributed by atoms with van der Waals surface area (Å²) >= 11 is 0. The van der Waals surface area contributed by atoms with Crippen molar-refractivity contribution in [3.8, 4) is 0 Å². The van der Waals surface area contributed by atoms with Crippen molar-refractivity contribution in [2.24, 2.45) is 0 Å². The van der Waals surface area contributed by atoms with Crippen molar-refractivity contribution in [2.75, 3.05) is 26.8 Å². The zero-order chi connectivity index (χ0) is 17.7. The highest BCUT2D eigenvalue weighted by Crippen LogP contribution is 2.17. The van der Waals surface area contributed by atoms with Gasteiger partial charge in [0.2, 0.25) is 10.0 Å². The van der Waals surface area contributed by atoms with Crippen molar-refractivity contribution in [2.45, 2.75) is 31.2 Å². The minimum absolute atomic E-state index is 0.0834. The average molecular weight is 352 g/mol. The Morgan fingerprint density at radius 1 is 1.42 bits per heavy atom. The molecule has 1 aliphatic heterocycles. The van der Waals surface area contributed by atoms with Crippen molar-refractivity contribution in [3.63, 3.8) is 0 Å². The summed E-state index contributed by atoms with van der Waals surface area (Å²) in [5.41, 5.74) is 1.65. The van der Waals surface area contributed by atoms with E-state index in [-0.39, 0.29) is 23.5 Å². The first-order chi connectivity index (χ1) is 11.3. The maximum Gasteiger partial charge on any atom is 0.254 e. The third kappa shape index (κ3) is 4.66. The number of amides is 1. The van der Waals surface area contributed by atoms with E-state index in [9.17, 15) is 13.2 Å². The van der Waals surface area contributed by atoms with Crippen LogP contribution in [-0.4, -0.2) is 52.1 Å². The van der Waals surface area contributed by atoms with E-state index in [1.54, 1.807) is 24.0 Å². The molecule has 0 aliphatic carbocycles. The Morgan fingerprint density at radius 2 is 2.17 bits per heavy atom. The first-order valence-electron chi connectivity index (χ1n) is 7.89. The number of carbonyl (C=O) groups excluding carboxylic acids is 1. The number of hydrogen-bond acceptors (Lipinski definition) is 4. The third-order valence-electron chi connectivity index (χ3n) is 3.89. The molecule has 0 saturated carbocycles. The Morgan fingerprint density at radius 3 is 2.79 bits per heavy atom. The summed E-state index contributed by atoms with van der Waals surface area (Å²) in [5, 5.41) is 0. The number of ether oxygens (including phenoxy) is 1. The summed E-state index contributed by atoms with van der Waals surface area (Å²) < 4.78 is 32.3. The highest BCUT2D eigenvalue weighted by atomic mass is 32.2. The van der Waals surface area contributed by atoms with Crippen molar-refractivity contribution in [3.05, 3.63) is 41.5 Å². The number of benzene rings is 1. The summed E-state index contributed by atoms with van der Waals surface area (Å²) in [6, 6.07) is 5.79. The van der Waals surface area contributed by atoms with E-state index in [1.807, 2.05) is 13.0 Å². The second-order valence-electron chi connectivity index (χ2n) is 6.06. The van der Waals surface area contributed by atoms with Gasteiger partial charge in [-0.3, -0.25) is 4.79 Å². The molecule has 1 N–H and O–H groups in total. The number of rotatable bonds is 6. The van der Waals surface area contributed by atoms with Crippen LogP contribution in [0.2, 0.25) is 0 Å². The fourth-order valence-corrected chi connectivity index (χ4v) is 3.82. The van der Waals surface area contributed by atoms with E-state index in [2.05, 4.69) is 4.72 Å². The molecule has 1 amide bonds. The number of methoxy groups -OCH3 is 1. The van der Waals surface area contributed by atoms with Gasteiger partial charge in [-0.15, -0.1) is 0 Å². The molecule has 0 saturated heterocycles. The molecule has 6 nitrogen and oxygen atoms in total. The first kappa shape index (κ1) is 18.6. The lowest BCUT2D eigenvalue weighted by Crippen LogP contribution is -2.36. The smallest absolute Gasteiger partial charge is 0.254 e. The van der Waals surface area contributed by atoms with Gasteiger partial charge in [-0.1, -0.05) is 17.7 Å². The number of nitrogens with one attached hydrogen (secondary N) is 1. The molecule has 7 heteroatoms. The van der Waals surface area contributed by atoms with Crippen molar-refractivity contribution in [1.29, 1.82) is 0 Å². The predicted octanol–water partition coefficient (Wildman–Crippen LogP) is 1.79. The molecular formula is C17H24N2O4S. The summed E-state index contributed by atoms with van der Waals surface area (Å²) in [6.45, 7) is 5.25. The van der Waals surface area contributed by atoms with Gasteiger partial charge in [0.15, 0.2) is 0 Å². The summed E-state index contributed by atoms with van der Waals surface area (Å²) in [7, 11) is -2.18. The van der Waals surface area contributed by atoms with Gasteiger partial charge in [0.25, 0.3) is 5.91 Å². The largest absolute Gasteiger partial charge is 0.383 e. The van der Waals surface area contributed by atoms with Gasteiger partial charge in [-0.25, -0.2) is 13.1 Å². The summed E-state index contributed by atoms with van der Waals surface area (Å²) in [6.07, 6.45) is 2.87. The SMILES string of the molecule is COC[C@H](C)NS(=O)(=O)c1cccc(C(=O)N2CC=C(C)CC2)c1. The van der Waals surface area contributed by atoms with E-state index >= 15 is 0 Å². The molecule has 24 heavy (non-hydrogen) atoms.